The molecule has 11 heteroatoms. The third kappa shape index (κ3) is 10.4. The molecule has 0 aromatic heterocycles. The Morgan fingerprint density at radius 2 is 1.84 bits per heavy atom. The number of fused-ring (bicyclic) bond motifs is 2. The van der Waals surface area contributed by atoms with E-state index in [0.717, 1.165) is 11.6 Å². The number of ether oxygens (including phenoxy) is 2. The summed E-state index contributed by atoms with van der Waals surface area (Å²) >= 11 is 0. The molecule has 0 aromatic carbocycles. The number of nitrogens with one attached hydrogen (secondary N) is 2. The fourth-order valence-electron chi connectivity index (χ4n) is 5.49. The van der Waals surface area contributed by atoms with Crippen LogP contribution in [0.4, 0.5) is 0 Å². The van der Waals surface area contributed by atoms with E-state index in [9.17, 15) is 24.3 Å². The van der Waals surface area contributed by atoms with Crippen molar-refractivity contribution in [1.82, 2.24) is 15.5 Å². The predicted octanol–water partition coefficient (Wildman–Crippen LogP) is 1.94. The Balaban J connectivity index is 2.60. The van der Waals surface area contributed by atoms with Crippen LogP contribution in [0, 0.1) is 17.8 Å². The Morgan fingerprint density at radius 1 is 1.16 bits per heavy atom. The van der Waals surface area contributed by atoms with E-state index in [0.29, 0.717) is 25.1 Å². The number of hydrogen-bond donors (Lipinski definition) is 4. The third-order valence-electron chi connectivity index (χ3n) is 8.07. The van der Waals surface area contributed by atoms with Gasteiger partial charge in [0.15, 0.2) is 0 Å². The van der Waals surface area contributed by atoms with E-state index < -0.39 is 47.6 Å². The summed E-state index contributed by atoms with van der Waals surface area (Å²) in [7, 11) is 6.86. The lowest BCUT2D eigenvalue weighted by atomic mass is 9.84. The molecule has 6 atom stereocenters. The number of aliphatic hydroxyl groups excluding tert-OH is 1. The minimum absolute atomic E-state index is 0.0201. The van der Waals surface area contributed by atoms with Gasteiger partial charge in [-0.25, -0.2) is 0 Å². The maximum Gasteiger partial charge on any atom is 0.251 e. The summed E-state index contributed by atoms with van der Waals surface area (Å²) in [5.74, 6) is -2.80. The number of amides is 2. The highest BCUT2D eigenvalue weighted by Crippen LogP contribution is 2.30. The van der Waals surface area contributed by atoms with E-state index in [-0.39, 0.29) is 41.6 Å². The zero-order valence-electron chi connectivity index (χ0n) is 27.3. The second-order valence-corrected chi connectivity index (χ2v) is 12.1. The van der Waals surface area contributed by atoms with Gasteiger partial charge in [0.1, 0.15) is 0 Å². The second kappa shape index (κ2) is 17.2. The van der Waals surface area contributed by atoms with Crippen molar-refractivity contribution in [2.24, 2.45) is 23.5 Å². The Bertz CT molecular complexity index is 1230. The molecular weight excluding hydrogens is 564 g/mol. The number of Topliss-reactive ketones (excluding diaryl/α,β-unsaturated/α-hetero) is 1. The maximum absolute atomic E-state index is 13.7. The molecule has 1 aliphatic heterocycles. The van der Waals surface area contributed by atoms with Crippen LogP contribution >= 0.6 is 0 Å². The lowest BCUT2D eigenvalue weighted by Crippen LogP contribution is -2.38. The molecule has 2 bridgehead atoms. The highest BCUT2D eigenvalue weighted by atomic mass is 16.5. The molecule has 0 unspecified atom stereocenters. The van der Waals surface area contributed by atoms with Gasteiger partial charge in [0.2, 0.25) is 17.5 Å². The highest BCUT2D eigenvalue weighted by molar-refractivity contribution is 6.23. The zero-order valence-corrected chi connectivity index (χ0v) is 27.3. The monoisotopic (exact) mass is 614 g/mol. The molecule has 2 aliphatic rings. The van der Waals surface area contributed by atoms with Crippen molar-refractivity contribution in [2.45, 2.75) is 65.3 Å². The summed E-state index contributed by atoms with van der Waals surface area (Å²) in [6, 6.07) is 0. The molecule has 5 N–H and O–H groups in total. The van der Waals surface area contributed by atoms with Gasteiger partial charge in [-0.05, 0) is 46.7 Å². The predicted molar refractivity (Wildman–Crippen MR) is 169 cm³/mol. The number of likely N-dealkylation sites (N-methyl/N-ethyl adjacent to an activating group) is 1. The lowest BCUT2D eigenvalue weighted by Gasteiger charge is -2.30. The van der Waals surface area contributed by atoms with Crippen LogP contribution in [0.5, 0.6) is 0 Å². The Labute approximate surface area is 261 Å². The molecule has 2 rings (SSSR count). The first-order chi connectivity index (χ1) is 20.7. The minimum Gasteiger partial charge on any atom is -0.390 e. The smallest absolute Gasteiger partial charge is 0.251 e. The van der Waals surface area contributed by atoms with Crippen LogP contribution in [0.15, 0.2) is 58.5 Å². The molecule has 0 radical (unpaired) electrons. The number of nitrogens with zero attached hydrogens (tertiary/aromatic N) is 1. The SMILES string of the molecule is CO[C@H]1/C=C\C=C(/C)C(=O)NC2=CC(=O)C(NCCN(C)C)=C(C[C@@H](C)C[C@H](OC)[C@H](O)[C@@H](C)/C=C(\C)[C@@H]1CC(N)=O)C2=O. The number of rotatable bonds is 8. The van der Waals surface area contributed by atoms with Crippen molar-refractivity contribution in [3.63, 3.8) is 0 Å². The number of ketones is 2. The standard InChI is InChI=1S/C33H50N4O7/c1-19-14-24-30(35-12-13-37(5)6)26(38)18-25(32(24)41)36-33(42)20(2)10-9-11-27(43-7)23(17-29(34)39)21(3)16-22(4)31(40)28(15-19)44-8/h9-11,16,18-19,22-23,27-28,31,35,40H,12-15,17H2,1-8H3,(H2,34,39)(H,36,42)/b11-9-,20-10+,21-16+/t19-,22+,23+,27+,28+,31-/m1/s1. The van der Waals surface area contributed by atoms with Crippen LogP contribution in [-0.4, -0.2) is 93.1 Å². The second-order valence-electron chi connectivity index (χ2n) is 12.1. The van der Waals surface area contributed by atoms with Crippen molar-refractivity contribution in [3.8, 4) is 0 Å². The average Bonchev–Trinajstić information content (AvgIpc) is 2.95. The zero-order chi connectivity index (χ0) is 33.1. The van der Waals surface area contributed by atoms with Crippen LogP contribution in [0.3, 0.4) is 0 Å². The molecule has 11 nitrogen and oxygen atoms in total. The number of nitrogens with two attached hydrogens (primary N) is 1. The summed E-state index contributed by atoms with van der Waals surface area (Å²) in [6.07, 6.45) is 6.58. The van der Waals surface area contributed by atoms with Gasteiger partial charge in [-0.2, -0.15) is 0 Å². The summed E-state index contributed by atoms with van der Waals surface area (Å²) in [4.78, 5) is 54.0. The molecule has 0 saturated carbocycles. The first-order valence-electron chi connectivity index (χ1n) is 15.0. The number of hydrogen-bond acceptors (Lipinski definition) is 9. The molecule has 1 aliphatic carbocycles. The Morgan fingerprint density at radius 3 is 2.43 bits per heavy atom. The van der Waals surface area contributed by atoms with Crippen molar-refractivity contribution in [3.05, 3.63) is 58.5 Å². The van der Waals surface area contributed by atoms with E-state index >= 15 is 0 Å². The van der Waals surface area contributed by atoms with Crippen molar-refractivity contribution >= 4 is 23.4 Å². The third-order valence-corrected chi connectivity index (χ3v) is 8.07. The van der Waals surface area contributed by atoms with Crippen LogP contribution in [0.2, 0.25) is 0 Å². The van der Waals surface area contributed by atoms with E-state index in [4.69, 9.17) is 15.2 Å². The van der Waals surface area contributed by atoms with Gasteiger partial charge in [0.25, 0.3) is 5.91 Å². The molecule has 244 valence electrons. The van der Waals surface area contributed by atoms with Crippen LogP contribution in [-0.2, 0) is 28.7 Å². The van der Waals surface area contributed by atoms with Gasteiger partial charge in [-0.1, -0.05) is 43.7 Å². The van der Waals surface area contributed by atoms with Gasteiger partial charge in [0.05, 0.1) is 29.7 Å². The molecule has 44 heavy (non-hydrogen) atoms. The van der Waals surface area contributed by atoms with Gasteiger partial charge in [-0.15, -0.1) is 0 Å². The van der Waals surface area contributed by atoms with E-state index in [1.165, 1.54) is 14.2 Å². The maximum atomic E-state index is 13.7. The number of methoxy groups -OCH3 is 2. The fraction of sp³-hybridized carbons (Fsp3) is 0.576. The molecule has 2 amide bonds. The topological polar surface area (TPSA) is 160 Å². The highest BCUT2D eigenvalue weighted by Gasteiger charge is 2.33. The van der Waals surface area contributed by atoms with Crippen molar-refractivity contribution in [2.75, 3.05) is 41.4 Å². The molecule has 0 spiro atoms. The van der Waals surface area contributed by atoms with Gasteiger partial charge in [-0.3, -0.25) is 19.2 Å². The number of carbonyl (C=O) groups excluding carboxylic acids is 4. The van der Waals surface area contributed by atoms with Crippen molar-refractivity contribution in [1.29, 1.82) is 0 Å². The van der Waals surface area contributed by atoms with Gasteiger partial charge in [0, 0.05) is 62.8 Å². The quantitative estimate of drug-likeness (QED) is 0.237. The molecular formula is C33H50N4O7. The number of carbonyl (C=O) groups is 4. The lowest BCUT2D eigenvalue weighted by molar-refractivity contribution is -0.120. The van der Waals surface area contributed by atoms with Gasteiger partial charge >= 0.3 is 0 Å². The summed E-state index contributed by atoms with van der Waals surface area (Å²) in [5.41, 5.74) is 7.09. The molecule has 0 fully saturated rings. The largest absolute Gasteiger partial charge is 0.390 e. The summed E-state index contributed by atoms with van der Waals surface area (Å²) in [5, 5.41) is 17.1. The fourth-order valence-corrected chi connectivity index (χ4v) is 5.49. The van der Waals surface area contributed by atoms with E-state index in [1.807, 2.05) is 45.8 Å². The Kier molecular flexibility index (Phi) is 14.4. The van der Waals surface area contributed by atoms with Crippen LogP contribution in [0.25, 0.3) is 0 Å². The van der Waals surface area contributed by atoms with Crippen molar-refractivity contribution < 1.29 is 33.8 Å². The van der Waals surface area contributed by atoms with Crippen LogP contribution < -0.4 is 16.4 Å². The minimum atomic E-state index is -0.902. The summed E-state index contributed by atoms with van der Waals surface area (Å²) in [6.45, 7) is 8.34. The number of aliphatic hydroxyl groups is 1. The Hall–Kier alpha value is -3.38. The van der Waals surface area contributed by atoms with Crippen LogP contribution in [0.1, 0.15) is 47.0 Å². The normalized spacial score (nSPS) is 31.0. The average molecular weight is 615 g/mol. The number of primary amides is 1. The van der Waals surface area contributed by atoms with Gasteiger partial charge < -0.3 is 35.8 Å². The molecule has 0 saturated heterocycles. The van der Waals surface area contributed by atoms with E-state index in [2.05, 4.69) is 10.6 Å². The molecule has 1 heterocycles. The first-order valence-corrected chi connectivity index (χ1v) is 15.0. The number of allylic oxidation sites excluding steroid dienone is 4. The summed E-state index contributed by atoms with van der Waals surface area (Å²) < 4.78 is 11.4. The molecule has 0 aromatic rings. The first kappa shape index (κ1) is 36.8. The van der Waals surface area contributed by atoms with E-state index in [1.54, 1.807) is 25.2 Å².